The third-order valence-corrected chi connectivity index (χ3v) is 5.51. The fraction of sp³-hybridized carbons (Fsp3) is 0.300. The molecule has 1 aromatic carbocycles. The Morgan fingerprint density at radius 3 is 2.69 bits per heavy atom. The zero-order valence-electron chi connectivity index (χ0n) is 15.7. The summed E-state index contributed by atoms with van der Waals surface area (Å²) in [6, 6.07) is 10.4. The highest BCUT2D eigenvalue weighted by Crippen LogP contribution is 2.23. The van der Waals surface area contributed by atoms with Gasteiger partial charge in [0, 0.05) is 50.7 Å². The van der Waals surface area contributed by atoms with E-state index in [1.807, 2.05) is 17.0 Å². The van der Waals surface area contributed by atoms with Crippen LogP contribution in [0.2, 0.25) is 0 Å². The van der Waals surface area contributed by atoms with E-state index in [0.717, 1.165) is 18.7 Å². The fourth-order valence-corrected chi connectivity index (χ4v) is 3.78. The van der Waals surface area contributed by atoms with Crippen molar-refractivity contribution in [2.75, 3.05) is 31.9 Å². The van der Waals surface area contributed by atoms with Crippen LogP contribution in [0.5, 0.6) is 0 Å². The number of thioether (sulfide) groups is 1. The van der Waals surface area contributed by atoms with Crippen LogP contribution in [0.4, 0.5) is 4.39 Å². The average molecular weight is 413 g/mol. The van der Waals surface area contributed by atoms with Crippen molar-refractivity contribution >= 4 is 17.7 Å². The summed E-state index contributed by atoms with van der Waals surface area (Å²) in [6.07, 6.45) is 3.32. The first-order valence-electron chi connectivity index (χ1n) is 9.29. The van der Waals surface area contributed by atoms with Gasteiger partial charge in [-0.15, -0.1) is 10.2 Å². The fourth-order valence-electron chi connectivity index (χ4n) is 3.11. The molecular weight excluding hydrogens is 393 g/mol. The molecule has 1 aliphatic rings. The topological polar surface area (TPSA) is 75.4 Å². The second-order valence-corrected chi connectivity index (χ2v) is 7.58. The van der Waals surface area contributed by atoms with E-state index in [1.165, 1.54) is 17.8 Å². The maximum atomic E-state index is 13.8. The van der Waals surface area contributed by atoms with E-state index in [4.69, 9.17) is 4.42 Å². The van der Waals surface area contributed by atoms with Crippen molar-refractivity contribution in [1.29, 1.82) is 0 Å². The van der Waals surface area contributed by atoms with Gasteiger partial charge in [0.15, 0.2) is 0 Å². The van der Waals surface area contributed by atoms with E-state index in [1.54, 1.807) is 30.6 Å². The second kappa shape index (κ2) is 9.15. The van der Waals surface area contributed by atoms with Crippen molar-refractivity contribution in [3.05, 3.63) is 60.2 Å². The van der Waals surface area contributed by atoms with Gasteiger partial charge in [-0.3, -0.25) is 14.7 Å². The summed E-state index contributed by atoms with van der Waals surface area (Å²) < 4.78 is 19.4. The van der Waals surface area contributed by atoms with Crippen LogP contribution in [0.15, 0.2) is 58.4 Å². The number of carbonyl (C=O) groups excluding carboxylic acids is 1. The first-order valence-corrected chi connectivity index (χ1v) is 10.3. The summed E-state index contributed by atoms with van der Waals surface area (Å²) in [4.78, 5) is 20.5. The van der Waals surface area contributed by atoms with E-state index >= 15 is 0 Å². The standard InChI is InChI=1S/C20H20FN5O2S/c21-17-6-2-1-4-16(17)13-25-8-10-26(11-9-25)18(27)14-29-20-24-23-19(28-20)15-5-3-7-22-12-15/h1-7,12H,8-11,13-14H2. The Labute approximate surface area is 171 Å². The van der Waals surface area contributed by atoms with Gasteiger partial charge < -0.3 is 9.32 Å². The lowest BCUT2D eigenvalue weighted by atomic mass is 10.2. The Hall–Kier alpha value is -2.78. The summed E-state index contributed by atoms with van der Waals surface area (Å²) in [5.41, 5.74) is 1.42. The number of halogens is 1. The molecule has 0 atom stereocenters. The Bertz CT molecular complexity index is 960. The summed E-state index contributed by atoms with van der Waals surface area (Å²) in [6.45, 7) is 3.24. The molecule has 1 amide bonds. The first-order chi connectivity index (χ1) is 14.2. The maximum Gasteiger partial charge on any atom is 0.277 e. The summed E-state index contributed by atoms with van der Waals surface area (Å²) in [7, 11) is 0. The van der Waals surface area contributed by atoms with Gasteiger partial charge in [0.1, 0.15) is 5.82 Å². The molecule has 4 rings (SSSR count). The third kappa shape index (κ3) is 4.99. The van der Waals surface area contributed by atoms with Crippen molar-refractivity contribution < 1.29 is 13.6 Å². The molecule has 29 heavy (non-hydrogen) atoms. The minimum Gasteiger partial charge on any atom is -0.411 e. The Kier molecular flexibility index (Phi) is 6.16. The highest BCUT2D eigenvalue weighted by atomic mass is 32.2. The number of hydrogen-bond acceptors (Lipinski definition) is 7. The molecule has 0 unspecified atom stereocenters. The quantitative estimate of drug-likeness (QED) is 0.575. The van der Waals surface area contributed by atoms with E-state index < -0.39 is 0 Å². The lowest BCUT2D eigenvalue weighted by molar-refractivity contribution is -0.130. The summed E-state index contributed by atoms with van der Waals surface area (Å²) >= 11 is 1.23. The predicted octanol–water partition coefficient (Wildman–Crippen LogP) is 2.71. The number of carbonyl (C=O) groups is 1. The van der Waals surface area contributed by atoms with Crippen molar-refractivity contribution in [1.82, 2.24) is 25.0 Å². The SMILES string of the molecule is O=C(CSc1nnc(-c2cccnc2)o1)N1CCN(Cc2ccccc2F)CC1. The maximum absolute atomic E-state index is 13.8. The van der Waals surface area contributed by atoms with Crippen LogP contribution in [0.1, 0.15) is 5.56 Å². The average Bonchev–Trinajstić information content (AvgIpc) is 3.24. The summed E-state index contributed by atoms with van der Waals surface area (Å²) in [5, 5.41) is 8.33. The van der Waals surface area contributed by atoms with Crippen LogP contribution in [-0.2, 0) is 11.3 Å². The van der Waals surface area contributed by atoms with Crippen LogP contribution >= 0.6 is 11.8 Å². The Balaban J connectivity index is 1.24. The van der Waals surface area contributed by atoms with Crippen LogP contribution in [0, 0.1) is 5.82 Å². The van der Waals surface area contributed by atoms with Gasteiger partial charge >= 0.3 is 0 Å². The zero-order chi connectivity index (χ0) is 20.1. The number of benzene rings is 1. The summed E-state index contributed by atoms with van der Waals surface area (Å²) in [5.74, 6) is 0.464. The van der Waals surface area contributed by atoms with Crippen molar-refractivity contribution in [3.63, 3.8) is 0 Å². The Morgan fingerprint density at radius 1 is 1.10 bits per heavy atom. The van der Waals surface area contributed by atoms with E-state index in [9.17, 15) is 9.18 Å². The lowest BCUT2D eigenvalue weighted by Crippen LogP contribution is -2.48. The van der Waals surface area contributed by atoms with Gasteiger partial charge in [0.2, 0.25) is 11.8 Å². The molecule has 0 radical (unpaired) electrons. The highest BCUT2D eigenvalue weighted by molar-refractivity contribution is 7.99. The molecule has 0 N–H and O–H groups in total. The lowest BCUT2D eigenvalue weighted by Gasteiger charge is -2.34. The number of pyridine rings is 1. The minimum atomic E-state index is -0.187. The monoisotopic (exact) mass is 413 g/mol. The van der Waals surface area contributed by atoms with Gasteiger partial charge in [-0.1, -0.05) is 30.0 Å². The number of rotatable bonds is 6. The molecular formula is C20H20FN5O2S. The molecule has 3 heterocycles. The molecule has 1 fully saturated rings. The van der Waals surface area contributed by atoms with Crippen molar-refractivity contribution in [2.45, 2.75) is 11.8 Å². The zero-order valence-corrected chi connectivity index (χ0v) is 16.5. The molecule has 0 saturated carbocycles. The number of nitrogens with zero attached hydrogens (tertiary/aromatic N) is 5. The van der Waals surface area contributed by atoms with Crippen LogP contribution < -0.4 is 0 Å². The molecule has 1 aliphatic heterocycles. The molecule has 0 spiro atoms. The van der Waals surface area contributed by atoms with Crippen LogP contribution in [0.25, 0.3) is 11.5 Å². The molecule has 3 aromatic rings. The van der Waals surface area contributed by atoms with Gasteiger partial charge in [-0.2, -0.15) is 0 Å². The molecule has 0 bridgehead atoms. The van der Waals surface area contributed by atoms with Gasteiger partial charge in [-0.25, -0.2) is 4.39 Å². The molecule has 0 aliphatic carbocycles. The van der Waals surface area contributed by atoms with Gasteiger partial charge in [-0.05, 0) is 18.2 Å². The molecule has 7 nitrogen and oxygen atoms in total. The number of piperazine rings is 1. The Morgan fingerprint density at radius 2 is 1.93 bits per heavy atom. The van der Waals surface area contributed by atoms with Gasteiger partial charge in [0.25, 0.3) is 5.22 Å². The largest absolute Gasteiger partial charge is 0.411 e. The van der Waals surface area contributed by atoms with E-state index in [-0.39, 0.29) is 17.5 Å². The van der Waals surface area contributed by atoms with Crippen molar-refractivity contribution in [2.24, 2.45) is 0 Å². The minimum absolute atomic E-state index is 0.0293. The van der Waals surface area contributed by atoms with Crippen LogP contribution in [-0.4, -0.2) is 62.8 Å². The smallest absolute Gasteiger partial charge is 0.277 e. The second-order valence-electron chi connectivity index (χ2n) is 6.65. The normalized spacial score (nSPS) is 14.9. The molecule has 2 aromatic heterocycles. The molecule has 150 valence electrons. The predicted molar refractivity (Wildman–Crippen MR) is 107 cm³/mol. The van der Waals surface area contributed by atoms with Crippen LogP contribution in [0.3, 0.4) is 0 Å². The third-order valence-electron chi connectivity index (χ3n) is 4.71. The van der Waals surface area contributed by atoms with Crippen molar-refractivity contribution in [3.8, 4) is 11.5 Å². The molecule has 9 heteroatoms. The number of hydrogen-bond donors (Lipinski definition) is 0. The highest BCUT2D eigenvalue weighted by Gasteiger charge is 2.22. The molecule has 1 saturated heterocycles. The first kappa shape index (κ1) is 19.5. The number of aromatic nitrogens is 3. The van der Waals surface area contributed by atoms with E-state index in [0.29, 0.717) is 36.3 Å². The van der Waals surface area contributed by atoms with E-state index in [2.05, 4.69) is 20.1 Å². The number of amides is 1. The van der Waals surface area contributed by atoms with Gasteiger partial charge in [0.05, 0.1) is 11.3 Å².